The Balaban J connectivity index is 2.54. The number of hydrogen-bond acceptors (Lipinski definition) is 2. The van der Waals surface area contributed by atoms with Gasteiger partial charge in [-0.25, -0.2) is 0 Å². The summed E-state index contributed by atoms with van der Waals surface area (Å²) in [5.74, 6) is 0.856. The van der Waals surface area contributed by atoms with Crippen LogP contribution in [0.3, 0.4) is 0 Å². The van der Waals surface area contributed by atoms with Gasteiger partial charge in [-0.2, -0.15) is 0 Å². The van der Waals surface area contributed by atoms with Gasteiger partial charge >= 0.3 is 0 Å². The molecule has 0 fully saturated rings. The number of nitrogens with zero attached hydrogens (tertiary/aromatic N) is 1. The molecule has 0 unspecified atom stereocenters. The van der Waals surface area contributed by atoms with Crippen LogP contribution in [0.5, 0.6) is 5.75 Å². The van der Waals surface area contributed by atoms with Gasteiger partial charge in [0.1, 0.15) is 5.75 Å². The Kier molecular flexibility index (Phi) is 1.64. The van der Waals surface area contributed by atoms with Crippen LogP contribution >= 0.6 is 0 Å². The summed E-state index contributed by atoms with van der Waals surface area (Å²) in [5, 5.41) is 0. The highest BCUT2D eigenvalue weighted by molar-refractivity contribution is 5.74. The minimum absolute atomic E-state index is 0.736. The Morgan fingerprint density at radius 1 is 1.67 bits per heavy atom. The monoisotopic (exact) mass is 165 g/mol. The van der Waals surface area contributed by atoms with E-state index in [1.165, 1.54) is 5.69 Å². The van der Waals surface area contributed by atoms with Crippen molar-refractivity contribution in [1.29, 1.82) is 0 Å². The van der Waals surface area contributed by atoms with Crippen LogP contribution in [-0.4, -0.2) is 18.0 Å². The van der Waals surface area contributed by atoms with Crippen LogP contribution in [0, 0.1) is 0 Å². The molecule has 0 aromatic carbocycles. The first kappa shape index (κ1) is 7.40. The predicted molar refractivity (Wildman–Crippen MR) is 44.7 cm³/mol. The highest BCUT2D eigenvalue weighted by Gasteiger charge is 2.19. The average Bonchev–Trinajstić information content (AvgIpc) is 2.63. The van der Waals surface area contributed by atoms with E-state index in [4.69, 9.17) is 4.74 Å². The molecule has 0 saturated carbocycles. The van der Waals surface area contributed by atoms with E-state index in [0.717, 1.165) is 37.1 Å². The SMILES string of the molecule is COc1cc(C=O)n2c1CCC2. The molecule has 3 heteroatoms. The molecule has 0 amide bonds. The van der Waals surface area contributed by atoms with Crippen LogP contribution in [0.25, 0.3) is 0 Å². The first-order valence-corrected chi connectivity index (χ1v) is 4.08. The first-order chi connectivity index (χ1) is 5.86. The van der Waals surface area contributed by atoms with E-state index in [1.54, 1.807) is 7.11 Å². The second kappa shape index (κ2) is 2.66. The van der Waals surface area contributed by atoms with Crippen molar-refractivity contribution in [3.63, 3.8) is 0 Å². The van der Waals surface area contributed by atoms with Gasteiger partial charge in [0, 0.05) is 12.6 Å². The molecule has 1 aliphatic rings. The summed E-state index contributed by atoms with van der Waals surface area (Å²) in [7, 11) is 1.64. The van der Waals surface area contributed by atoms with Crippen LogP contribution in [0.2, 0.25) is 0 Å². The molecule has 0 bridgehead atoms. The van der Waals surface area contributed by atoms with Crippen molar-refractivity contribution >= 4 is 6.29 Å². The van der Waals surface area contributed by atoms with Gasteiger partial charge in [0.05, 0.1) is 18.5 Å². The number of carbonyl (C=O) groups is 1. The summed E-state index contributed by atoms with van der Waals surface area (Å²) < 4.78 is 7.19. The Morgan fingerprint density at radius 2 is 2.50 bits per heavy atom. The maximum atomic E-state index is 10.6. The zero-order valence-electron chi connectivity index (χ0n) is 7.04. The molecule has 0 atom stereocenters. The van der Waals surface area contributed by atoms with E-state index >= 15 is 0 Å². The fraction of sp³-hybridized carbons (Fsp3) is 0.444. The summed E-state index contributed by atoms with van der Waals surface area (Å²) in [5.41, 5.74) is 1.90. The highest BCUT2D eigenvalue weighted by Crippen LogP contribution is 2.28. The molecule has 0 N–H and O–H groups in total. The summed E-state index contributed by atoms with van der Waals surface area (Å²) in [4.78, 5) is 10.6. The van der Waals surface area contributed by atoms with Gasteiger partial charge in [-0.05, 0) is 12.8 Å². The van der Waals surface area contributed by atoms with Crippen molar-refractivity contribution in [1.82, 2.24) is 4.57 Å². The molecular formula is C9H11NO2. The first-order valence-electron chi connectivity index (χ1n) is 4.08. The number of carbonyl (C=O) groups excluding carboxylic acids is 1. The van der Waals surface area contributed by atoms with Gasteiger partial charge in [0.25, 0.3) is 0 Å². The standard InChI is InChI=1S/C9H11NO2/c1-12-9-5-7(6-11)10-4-2-3-8(9)10/h5-6H,2-4H2,1H3. The van der Waals surface area contributed by atoms with Gasteiger partial charge in [0.15, 0.2) is 6.29 Å². The molecule has 2 rings (SSSR count). The van der Waals surface area contributed by atoms with Gasteiger partial charge in [-0.15, -0.1) is 0 Å². The molecule has 0 saturated heterocycles. The topological polar surface area (TPSA) is 31.2 Å². The van der Waals surface area contributed by atoms with Crippen molar-refractivity contribution in [2.45, 2.75) is 19.4 Å². The van der Waals surface area contributed by atoms with E-state index < -0.39 is 0 Å². The van der Waals surface area contributed by atoms with Crippen LogP contribution in [-0.2, 0) is 13.0 Å². The lowest BCUT2D eigenvalue weighted by atomic mass is 10.3. The van der Waals surface area contributed by atoms with E-state index in [0.29, 0.717) is 0 Å². The van der Waals surface area contributed by atoms with Crippen LogP contribution in [0.1, 0.15) is 22.6 Å². The van der Waals surface area contributed by atoms with E-state index in [1.807, 2.05) is 10.6 Å². The van der Waals surface area contributed by atoms with Crippen LogP contribution < -0.4 is 4.74 Å². The number of rotatable bonds is 2. The molecule has 0 spiro atoms. The fourth-order valence-corrected chi connectivity index (χ4v) is 1.79. The van der Waals surface area contributed by atoms with Crippen molar-refractivity contribution in [3.05, 3.63) is 17.5 Å². The second-order valence-corrected chi connectivity index (χ2v) is 2.96. The number of ether oxygens (including phenoxy) is 1. The number of aromatic nitrogens is 1. The summed E-state index contributed by atoms with van der Waals surface area (Å²) >= 11 is 0. The number of fused-ring (bicyclic) bond motifs is 1. The summed E-state index contributed by atoms with van der Waals surface area (Å²) in [6.07, 6.45) is 3.03. The van der Waals surface area contributed by atoms with E-state index in [-0.39, 0.29) is 0 Å². The Bertz CT molecular complexity index is 315. The minimum Gasteiger partial charge on any atom is -0.495 e. The van der Waals surface area contributed by atoms with Gasteiger partial charge in [-0.3, -0.25) is 4.79 Å². The lowest BCUT2D eigenvalue weighted by Crippen LogP contribution is -1.97. The third-order valence-corrected chi connectivity index (χ3v) is 2.34. The largest absolute Gasteiger partial charge is 0.495 e. The lowest BCUT2D eigenvalue weighted by molar-refractivity contribution is 0.111. The molecule has 64 valence electrons. The zero-order valence-corrected chi connectivity index (χ0v) is 7.04. The predicted octanol–water partition coefficient (Wildman–Crippen LogP) is 1.26. The Morgan fingerprint density at radius 3 is 3.17 bits per heavy atom. The summed E-state index contributed by atoms with van der Waals surface area (Å²) in [6.45, 7) is 0.951. The highest BCUT2D eigenvalue weighted by atomic mass is 16.5. The van der Waals surface area contributed by atoms with Crippen molar-refractivity contribution in [2.75, 3.05) is 7.11 Å². The Hall–Kier alpha value is -1.25. The van der Waals surface area contributed by atoms with Gasteiger partial charge in [0.2, 0.25) is 0 Å². The molecule has 2 heterocycles. The van der Waals surface area contributed by atoms with Crippen LogP contribution in [0.4, 0.5) is 0 Å². The smallest absolute Gasteiger partial charge is 0.166 e. The summed E-state index contributed by atoms with van der Waals surface area (Å²) in [6, 6.07) is 1.81. The molecular weight excluding hydrogens is 154 g/mol. The number of methoxy groups -OCH3 is 1. The maximum absolute atomic E-state index is 10.6. The fourth-order valence-electron chi connectivity index (χ4n) is 1.79. The second-order valence-electron chi connectivity index (χ2n) is 2.96. The molecule has 1 aromatic rings. The van der Waals surface area contributed by atoms with Crippen LogP contribution in [0.15, 0.2) is 6.07 Å². The minimum atomic E-state index is 0.736. The maximum Gasteiger partial charge on any atom is 0.166 e. The normalized spacial score (nSPS) is 14.4. The number of aldehydes is 1. The molecule has 0 aliphatic carbocycles. The Labute approximate surface area is 70.9 Å². The third-order valence-electron chi connectivity index (χ3n) is 2.34. The quantitative estimate of drug-likeness (QED) is 0.618. The molecule has 0 radical (unpaired) electrons. The van der Waals surface area contributed by atoms with E-state index in [9.17, 15) is 4.79 Å². The van der Waals surface area contributed by atoms with Crippen molar-refractivity contribution < 1.29 is 9.53 Å². The zero-order chi connectivity index (χ0) is 8.55. The molecule has 12 heavy (non-hydrogen) atoms. The van der Waals surface area contributed by atoms with Gasteiger partial charge in [-0.1, -0.05) is 0 Å². The molecule has 1 aliphatic heterocycles. The van der Waals surface area contributed by atoms with Gasteiger partial charge < -0.3 is 9.30 Å². The van der Waals surface area contributed by atoms with Crippen molar-refractivity contribution in [2.24, 2.45) is 0 Å². The molecule has 1 aromatic heterocycles. The third kappa shape index (κ3) is 0.858. The average molecular weight is 165 g/mol. The molecule has 3 nitrogen and oxygen atoms in total. The number of hydrogen-bond donors (Lipinski definition) is 0. The van der Waals surface area contributed by atoms with Crippen molar-refractivity contribution in [3.8, 4) is 5.75 Å². The lowest BCUT2D eigenvalue weighted by Gasteiger charge is -1.98. The van der Waals surface area contributed by atoms with E-state index in [2.05, 4.69) is 0 Å².